The molecule has 1 amide bonds. The highest BCUT2D eigenvalue weighted by Crippen LogP contribution is 2.19. The summed E-state index contributed by atoms with van der Waals surface area (Å²) >= 11 is 0. The van der Waals surface area contributed by atoms with Crippen molar-refractivity contribution in [2.75, 3.05) is 18.6 Å². The summed E-state index contributed by atoms with van der Waals surface area (Å²) in [6.45, 7) is 3.87. The van der Waals surface area contributed by atoms with Gasteiger partial charge in [-0.1, -0.05) is 13.8 Å². The Morgan fingerprint density at radius 2 is 2.00 bits per heavy atom. The number of hydrogen-bond acceptors (Lipinski definition) is 5. The predicted molar refractivity (Wildman–Crippen MR) is 70.2 cm³/mol. The molecule has 0 unspecified atom stereocenters. The van der Waals surface area contributed by atoms with Crippen molar-refractivity contribution in [3.63, 3.8) is 0 Å². The first kappa shape index (κ1) is 15.9. The van der Waals surface area contributed by atoms with Crippen molar-refractivity contribution in [2.45, 2.75) is 32.7 Å². The Labute approximate surface area is 113 Å². The lowest BCUT2D eigenvalue weighted by atomic mass is 10.0. The van der Waals surface area contributed by atoms with Crippen molar-refractivity contribution in [3.8, 4) is 0 Å². The molecule has 1 heterocycles. The number of carbonyl (C=O) groups excluding carboxylic acids is 2. The third-order valence-electron chi connectivity index (χ3n) is 3.11. The van der Waals surface area contributed by atoms with Gasteiger partial charge in [-0.15, -0.1) is 0 Å². The zero-order valence-electron chi connectivity index (χ0n) is 11.5. The first-order valence-corrected chi connectivity index (χ1v) is 8.16. The van der Waals surface area contributed by atoms with Crippen molar-refractivity contribution in [1.29, 1.82) is 0 Å². The molecule has 1 N–H and O–H groups in total. The van der Waals surface area contributed by atoms with Crippen LogP contribution in [0, 0.1) is 11.8 Å². The summed E-state index contributed by atoms with van der Waals surface area (Å²) in [5.74, 6) is -1.30. The third-order valence-corrected chi connectivity index (χ3v) is 4.88. The second-order valence-electron chi connectivity index (χ2n) is 5.31. The van der Waals surface area contributed by atoms with Gasteiger partial charge in [-0.25, -0.2) is 13.2 Å². The maximum atomic E-state index is 12.0. The first-order valence-electron chi connectivity index (χ1n) is 6.34. The van der Waals surface area contributed by atoms with Crippen LogP contribution in [0.1, 0.15) is 26.7 Å². The molecule has 0 saturated carbocycles. The number of rotatable bonds is 5. The summed E-state index contributed by atoms with van der Waals surface area (Å²) < 4.78 is 27.3. The molecule has 0 aromatic carbocycles. The normalized spacial score (nSPS) is 23.1. The average Bonchev–Trinajstić information content (AvgIpc) is 2.67. The number of nitrogens with one attached hydrogen (secondary N) is 1. The van der Waals surface area contributed by atoms with Crippen LogP contribution in [0.5, 0.6) is 0 Å². The Hall–Kier alpha value is -1.11. The van der Waals surface area contributed by atoms with E-state index in [-0.39, 0.29) is 23.3 Å². The van der Waals surface area contributed by atoms with E-state index in [2.05, 4.69) is 10.1 Å². The molecule has 19 heavy (non-hydrogen) atoms. The van der Waals surface area contributed by atoms with Crippen molar-refractivity contribution >= 4 is 21.7 Å². The van der Waals surface area contributed by atoms with E-state index in [1.807, 2.05) is 13.8 Å². The van der Waals surface area contributed by atoms with Crippen LogP contribution >= 0.6 is 0 Å². The molecule has 1 aliphatic heterocycles. The van der Waals surface area contributed by atoms with Gasteiger partial charge < -0.3 is 10.1 Å². The SMILES string of the molecule is COC(=O)[C@@H](CC(C)C)NC(=O)[C@H]1CCS(=O)(=O)C1. The maximum Gasteiger partial charge on any atom is 0.328 e. The Kier molecular flexibility index (Phi) is 5.34. The molecule has 0 aromatic rings. The summed E-state index contributed by atoms with van der Waals surface area (Å²) in [5, 5.41) is 2.60. The molecule has 1 fully saturated rings. The van der Waals surface area contributed by atoms with E-state index in [4.69, 9.17) is 0 Å². The van der Waals surface area contributed by atoms with Crippen LogP contribution in [0.4, 0.5) is 0 Å². The van der Waals surface area contributed by atoms with Gasteiger partial charge in [0.05, 0.1) is 24.5 Å². The number of methoxy groups -OCH3 is 1. The van der Waals surface area contributed by atoms with Crippen molar-refractivity contribution in [1.82, 2.24) is 5.32 Å². The van der Waals surface area contributed by atoms with Gasteiger partial charge in [-0.05, 0) is 18.8 Å². The average molecular weight is 291 g/mol. The number of ether oxygens (including phenoxy) is 1. The minimum absolute atomic E-state index is 0.0398. The lowest BCUT2D eigenvalue weighted by Gasteiger charge is -2.19. The second-order valence-corrected chi connectivity index (χ2v) is 7.54. The molecule has 0 aliphatic carbocycles. The minimum Gasteiger partial charge on any atom is -0.467 e. The highest BCUT2D eigenvalue weighted by atomic mass is 32.2. The Morgan fingerprint density at radius 3 is 2.42 bits per heavy atom. The fourth-order valence-corrected chi connectivity index (χ4v) is 3.86. The number of hydrogen-bond donors (Lipinski definition) is 1. The van der Waals surface area contributed by atoms with Crippen molar-refractivity contribution < 1.29 is 22.7 Å². The van der Waals surface area contributed by atoms with Gasteiger partial charge in [-0.2, -0.15) is 0 Å². The number of amides is 1. The number of carbonyl (C=O) groups is 2. The molecule has 2 atom stereocenters. The molecule has 1 aliphatic rings. The van der Waals surface area contributed by atoms with Crippen molar-refractivity contribution in [2.24, 2.45) is 11.8 Å². The molecular weight excluding hydrogens is 270 g/mol. The molecular formula is C12H21NO5S. The molecule has 0 bridgehead atoms. The zero-order valence-corrected chi connectivity index (χ0v) is 12.3. The van der Waals surface area contributed by atoms with Crippen LogP contribution in [0.2, 0.25) is 0 Å². The molecule has 0 aromatic heterocycles. The summed E-state index contributed by atoms with van der Waals surface area (Å²) in [4.78, 5) is 23.5. The predicted octanol–water partition coefficient (Wildman–Crippen LogP) is 0.125. The van der Waals surface area contributed by atoms with Crippen LogP contribution in [0.3, 0.4) is 0 Å². The standard InChI is InChI=1S/C12H21NO5S/c1-8(2)6-10(12(15)18-3)13-11(14)9-4-5-19(16,17)7-9/h8-10H,4-7H2,1-3H3,(H,13,14)/t9-,10+/m0/s1. The van der Waals surface area contributed by atoms with E-state index in [0.29, 0.717) is 12.8 Å². The number of esters is 1. The van der Waals surface area contributed by atoms with Gasteiger partial charge in [-0.3, -0.25) is 4.79 Å². The van der Waals surface area contributed by atoms with Gasteiger partial charge >= 0.3 is 5.97 Å². The van der Waals surface area contributed by atoms with E-state index >= 15 is 0 Å². The summed E-state index contributed by atoms with van der Waals surface area (Å²) in [5.41, 5.74) is 0. The zero-order chi connectivity index (χ0) is 14.6. The Bertz CT molecular complexity index is 443. The van der Waals surface area contributed by atoms with Crippen LogP contribution in [0.25, 0.3) is 0 Å². The van der Waals surface area contributed by atoms with Gasteiger partial charge in [0.15, 0.2) is 9.84 Å². The van der Waals surface area contributed by atoms with Crippen LogP contribution in [0.15, 0.2) is 0 Å². The molecule has 6 nitrogen and oxygen atoms in total. The van der Waals surface area contributed by atoms with Gasteiger partial charge in [0.1, 0.15) is 6.04 Å². The van der Waals surface area contributed by atoms with E-state index in [9.17, 15) is 18.0 Å². The van der Waals surface area contributed by atoms with Crippen LogP contribution < -0.4 is 5.32 Å². The summed E-state index contributed by atoms with van der Waals surface area (Å²) in [6, 6.07) is -0.708. The second kappa shape index (κ2) is 6.36. The summed E-state index contributed by atoms with van der Waals surface area (Å²) in [7, 11) is -1.84. The van der Waals surface area contributed by atoms with Crippen LogP contribution in [-0.2, 0) is 24.2 Å². The van der Waals surface area contributed by atoms with Gasteiger partial charge in [0, 0.05) is 0 Å². The number of sulfone groups is 1. The van der Waals surface area contributed by atoms with Crippen molar-refractivity contribution in [3.05, 3.63) is 0 Å². The van der Waals surface area contributed by atoms with E-state index < -0.39 is 27.8 Å². The Morgan fingerprint density at radius 1 is 1.37 bits per heavy atom. The highest BCUT2D eigenvalue weighted by Gasteiger charge is 2.35. The quantitative estimate of drug-likeness (QED) is 0.727. The third kappa shape index (κ3) is 4.81. The smallest absolute Gasteiger partial charge is 0.328 e. The molecule has 1 rings (SSSR count). The molecule has 0 spiro atoms. The fraction of sp³-hybridized carbons (Fsp3) is 0.833. The van der Waals surface area contributed by atoms with E-state index in [1.54, 1.807) is 0 Å². The molecule has 7 heteroatoms. The van der Waals surface area contributed by atoms with E-state index in [0.717, 1.165) is 0 Å². The van der Waals surface area contributed by atoms with Gasteiger partial charge in [0.2, 0.25) is 5.91 Å². The lowest BCUT2D eigenvalue weighted by molar-refractivity contribution is -0.146. The maximum absolute atomic E-state index is 12.0. The lowest BCUT2D eigenvalue weighted by Crippen LogP contribution is -2.45. The molecule has 110 valence electrons. The molecule has 1 saturated heterocycles. The minimum atomic E-state index is -3.10. The monoisotopic (exact) mass is 291 g/mol. The van der Waals surface area contributed by atoms with Gasteiger partial charge in [0.25, 0.3) is 0 Å². The fourth-order valence-electron chi connectivity index (χ4n) is 2.12. The Balaban J connectivity index is 2.64. The first-order chi connectivity index (χ1) is 8.75. The van der Waals surface area contributed by atoms with Crippen LogP contribution in [-0.4, -0.2) is 45.0 Å². The largest absolute Gasteiger partial charge is 0.467 e. The molecule has 0 radical (unpaired) electrons. The topological polar surface area (TPSA) is 89.5 Å². The highest BCUT2D eigenvalue weighted by molar-refractivity contribution is 7.91. The van der Waals surface area contributed by atoms with E-state index in [1.165, 1.54) is 7.11 Å². The summed E-state index contributed by atoms with van der Waals surface area (Å²) in [6.07, 6.45) is 0.793.